The molecule has 1 aromatic rings. The molecule has 0 bridgehead atoms. The van der Waals surface area contributed by atoms with Crippen molar-refractivity contribution in [1.29, 1.82) is 0 Å². The average Bonchev–Trinajstić information content (AvgIpc) is 2.25. The molecule has 1 aliphatic carbocycles. The van der Waals surface area contributed by atoms with Crippen LogP contribution in [0.4, 0.5) is 5.69 Å². The summed E-state index contributed by atoms with van der Waals surface area (Å²) in [5, 5.41) is 3.10. The van der Waals surface area contributed by atoms with E-state index in [0.29, 0.717) is 12.2 Å². The Morgan fingerprint density at radius 2 is 2.24 bits per heavy atom. The Hall–Kier alpha value is -1.14. The van der Waals surface area contributed by atoms with Gasteiger partial charge in [0.25, 0.3) is 10.0 Å². The lowest BCUT2D eigenvalue weighted by atomic mass is 9.94. The first kappa shape index (κ1) is 12.3. The van der Waals surface area contributed by atoms with E-state index < -0.39 is 10.0 Å². The number of aromatic nitrogens is 1. The molecule has 5 nitrogen and oxygen atoms in total. The molecule has 2 N–H and O–H groups in total. The molecule has 0 aromatic carbocycles. The number of nitrogens with one attached hydrogen (secondary N) is 2. The smallest absolute Gasteiger partial charge is 0.260 e. The molecule has 0 spiro atoms. The first-order valence-electron chi connectivity index (χ1n) is 5.84. The lowest BCUT2D eigenvalue weighted by Gasteiger charge is -2.26. The fourth-order valence-electron chi connectivity index (χ4n) is 1.73. The van der Waals surface area contributed by atoms with Crippen LogP contribution in [0, 0.1) is 0 Å². The maximum Gasteiger partial charge on any atom is 0.260 e. The Morgan fingerprint density at radius 3 is 2.82 bits per heavy atom. The molecular weight excluding hydrogens is 238 g/mol. The van der Waals surface area contributed by atoms with Gasteiger partial charge in [0.1, 0.15) is 0 Å². The van der Waals surface area contributed by atoms with Crippen LogP contribution in [-0.2, 0) is 10.0 Å². The highest BCUT2D eigenvalue weighted by Crippen LogP contribution is 2.23. The zero-order chi connectivity index (χ0) is 12.3. The van der Waals surface area contributed by atoms with Crippen LogP contribution in [-0.4, -0.2) is 26.0 Å². The summed E-state index contributed by atoms with van der Waals surface area (Å²) in [6, 6.07) is 3.53. The van der Waals surface area contributed by atoms with E-state index in [0.717, 1.165) is 19.3 Å². The maximum atomic E-state index is 12.1. The highest BCUT2D eigenvalue weighted by Gasteiger charge is 2.27. The minimum Gasteiger partial charge on any atom is -0.383 e. The van der Waals surface area contributed by atoms with Crippen LogP contribution in [0.5, 0.6) is 0 Å². The number of hydrogen-bond acceptors (Lipinski definition) is 4. The zero-order valence-corrected chi connectivity index (χ0v) is 10.6. The van der Waals surface area contributed by atoms with Gasteiger partial charge in [-0.05, 0) is 31.9 Å². The quantitative estimate of drug-likeness (QED) is 0.833. The fraction of sp³-hybridized carbons (Fsp3) is 0.545. The van der Waals surface area contributed by atoms with Gasteiger partial charge in [0.15, 0.2) is 5.03 Å². The summed E-state index contributed by atoms with van der Waals surface area (Å²) < 4.78 is 26.9. The fourth-order valence-corrected chi connectivity index (χ4v) is 3.15. The van der Waals surface area contributed by atoms with Crippen LogP contribution in [0.15, 0.2) is 23.4 Å². The maximum absolute atomic E-state index is 12.1. The topological polar surface area (TPSA) is 71.1 Å². The highest BCUT2D eigenvalue weighted by atomic mass is 32.2. The molecule has 0 atom stereocenters. The van der Waals surface area contributed by atoms with Crippen molar-refractivity contribution in [3.63, 3.8) is 0 Å². The summed E-state index contributed by atoms with van der Waals surface area (Å²) in [6.07, 6.45) is 4.43. The van der Waals surface area contributed by atoms with Crippen LogP contribution >= 0.6 is 0 Å². The molecule has 0 amide bonds. The van der Waals surface area contributed by atoms with Gasteiger partial charge in [0.2, 0.25) is 0 Å². The molecule has 1 aromatic heterocycles. The van der Waals surface area contributed by atoms with Crippen molar-refractivity contribution < 1.29 is 8.42 Å². The van der Waals surface area contributed by atoms with E-state index in [-0.39, 0.29) is 11.1 Å². The van der Waals surface area contributed by atoms with Crippen molar-refractivity contribution in [2.75, 3.05) is 11.9 Å². The summed E-state index contributed by atoms with van der Waals surface area (Å²) in [4.78, 5) is 3.97. The molecule has 2 rings (SSSR count). The summed E-state index contributed by atoms with van der Waals surface area (Å²) in [5.74, 6) is 0. The van der Waals surface area contributed by atoms with Gasteiger partial charge < -0.3 is 5.32 Å². The minimum atomic E-state index is -3.50. The summed E-state index contributed by atoms with van der Waals surface area (Å²) in [5.41, 5.74) is 0.557. The third-order valence-electron chi connectivity index (χ3n) is 2.82. The molecular formula is C11H17N3O2S. The van der Waals surface area contributed by atoms with Gasteiger partial charge >= 0.3 is 0 Å². The molecule has 17 heavy (non-hydrogen) atoms. The van der Waals surface area contributed by atoms with E-state index in [2.05, 4.69) is 15.0 Å². The summed E-state index contributed by atoms with van der Waals surface area (Å²) >= 11 is 0. The number of sulfonamides is 1. The molecule has 1 heterocycles. The lowest BCUT2D eigenvalue weighted by Crippen LogP contribution is -2.39. The van der Waals surface area contributed by atoms with Gasteiger partial charge in [-0.3, -0.25) is 0 Å². The summed E-state index contributed by atoms with van der Waals surface area (Å²) in [7, 11) is -3.50. The molecule has 1 fully saturated rings. The molecule has 94 valence electrons. The van der Waals surface area contributed by atoms with E-state index in [1.165, 1.54) is 6.20 Å². The SMILES string of the molecule is CCNc1cccnc1S(=O)(=O)NC1CCC1. The van der Waals surface area contributed by atoms with Crippen molar-refractivity contribution in [3.05, 3.63) is 18.3 Å². The number of anilines is 1. The molecule has 0 saturated heterocycles. The number of rotatable bonds is 5. The van der Waals surface area contributed by atoms with Crippen LogP contribution in [0.1, 0.15) is 26.2 Å². The molecule has 1 saturated carbocycles. The van der Waals surface area contributed by atoms with Crippen LogP contribution < -0.4 is 10.0 Å². The minimum absolute atomic E-state index is 0.0801. The standard InChI is InChI=1S/C11H17N3O2S/c1-2-12-10-7-4-8-13-11(10)17(15,16)14-9-5-3-6-9/h4,7-9,12,14H,2-3,5-6H2,1H3. The largest absolute Gasteiger partial charge is 0.383 e. The first-order chi connectivity index (χ1) is 8.13. The monoisotopic (exact) mass is 255 g/mol. The molecule has 0 radical (unpaired) electrons. The van der Waals surface area contributed by atoms with E-state index in [9.17, 15) is 8.42 Å². The second kappa shape index (κ2) is 5.01. The normalized spacial score (nSPS) is 16.5. The Balaban J connectivity index is 2.24. The van der Waals surface area contributed by atoms with E-state index in [4.69, 9.17) is 0 Å². The number of pyridine rings is 1. The third kappa shape index (κ3) is 2.76. The van der Waals surface area contributed by atoms with Gasteiger partial charge in [-0.25, -0.2) is 18.1 Å². The third-order valence-corrected chi connectivity index (χ3v) is 4.30. The Labute approximate surface area is 102 Å². The number of hydrogen-bond donors (Lipinski definition) is 2. The zero-order valence-electron chi connectivity index (χ0n) is 9.81. The lowest BCUT2D eigenvalue weighted by molar-refractivity contribution is 0.383. The first-order valence-corrected chi connectivity index (χ1v) is 7.33. The number of nitrogens with zero attached hydrogens (tertiary/aromatic N) is 1. The van der Waals surface area contributed by atoms with Crippen molar-refractivity contribution in [3.8, 4) is 0 Å². The van der Waals surface area contributed by atoms with Crippen molar-refractivity contribution in [1.82, 2.24) is 9.71 Å². The predicted molar refractivity (Wildman–Crippen MR) is 66.4 cm³/mol. The van der Waals surface area contributed by atoms with Crippen molar-refractivity contribution >= 4 is 15.7 Å². The van der Waals surface area contributed by atoms with E-state index in [1.54, 1.807) is 12.1 Å². The van der Waals surface area contributed by atoms with Crippen LogP contribution in [0.3, 0.4) is 0 Å². The summed E-state index contributed by atoms with van der Waals surface area (Å²) in [6.45, 7) is 2.58. The van der Waals surface area contributed by atoms with Gasteiger partial charge in [0, 0.05) is 18.8 Å². The Morgan fingerprint density at radius 1 is 1.47 bits per heavy atom. The van der Waals surface area contributed by atoms with Crippen LogP contribution in [0.2, 0.25) is 0 Å². The van der Waals surface area contributed by atoms with Gasteiger partial charge in [0.05, 0.1) is 5.69 Å². The van der Waals surface area contributed by atoms with Gasteiger partial charge in [-0.2, -0.15) is 0 Å². The van der Waals surface area contributed by atoms with Crippen molar-refractivity contribution in [2.24, 2.45) is 0 Å². The van der Waals surface area contributed by atoms with Crippen molar-refractivity contribution in [2.45, 2.75) is 37.3 Å². The second-order valence-corrected chi connectivity index (χ2v) is 5.76. The molecule has 0 unspecified atom stereocenters. The van der Waals surface area contributed by atoms with E-state index >= 15 is 0 Å². The van der Waals surface area contributed by atoms with Gasteiger partial charge in [-0.15, -0.1) is 0 Å². The predicted octanol–water partition coefficient (Wildman–Crippen LogP) is 1.34. The highest BCUT2D eigenvalue weighted by molar-refractivity contribution is 7.89. The molecule has 1 aliphatic rings. The van der Waals surface area contributed by atoms with Gasteiger partial charge in [-0.1, -0.05) is 6.42 Å². The van der Waals surface area contributed by atoms with Crippen LogP contribution in [0.25, 0.3) is 0 Å². The Bertz CT molecular complexity index is 483. The Kier molecular flexibility index (Phi) is 3.63. The van der Waals surface area contributed by atoms with E-state index in [1.807, 2.05) is 6.92 Å². The molecule has 0 aliphatic heterocycles. The second-order valence-electron chi connectivity index (χ2n) is 4.14. The average molecular weight is 255 g/mol. The molecule has 6 heteroatoms.